The molecule has 2 unspecified atom stereocenters. The number of amides is 1. The lowest BCUT2D eigenvalue weighted by Gasteiger charge is -2.19. The van der Waals surface area contributed by atoms with Crippen molar-refractivity contribution in [2.24, 2.45) is 5.92 Å². The van der Waals surface area contributed by atoms with Crippen molar-refractivity contribution in [1.29, 1.82) is 0 Å². The highest BCUT2D eigenvalue weighted by molar-refractivity contribution is 6.34. The van der Waals surface area contributed by atoms with Crippen LogP contribution in [0.15, 0.2) is 18.2 Å². The zero-order chi connectivity index (χ0) is 13.1. The summed E-state index contributed by atoms with van der Waals surface area (Å²) in [5.74, 6) is -0.0870. The number of hydrogen-bond donors (Lipinski definition) is 1. The third-order valence-electron chi connectivity index (χ3n) is 3.37. The highest BCUT2D eigenvalue weighted by atomic mass is 35.5. The summed E-state index contributed by atoms with van der Waals surface area (Å²) >= 11 is 11.6. The first-order valence-electron chi connectivity index (χ1n) is 5.94. The molecule has 0 spiro atoms. The molecule has 0 radical (unpaired) electrons. The van der Waals surface area contributed by atoms with Crippen LogP contribution in [-0.4, -0.2) is 17.8 Å². The third-order valence-corrected chi connectivity index (χ3v) is 4.15. The van der Waals surface area contributed by atoms with E-state index in [0.29, 0.717) is 11.8 Å². The zero-order valence-electron chi connectivity index (χ0n) is 9.76. The predicted molar refractivity (Wildman–Crippen MR) is 70.7 cm³/mol. The number of rotatable bonds is 3. The average Bonchev–Trinajstić information content (AvgIpc) is 2.79. The van der Waals surface area contributed by atoms with Crippen LogP contribution in [0.4, 0.5) is 4.39 Å². The van der Waals surface area contributed by atoms with Crippen molar-refractivity contribution in [2.75, 3.05) is 5.88 Å². The molecule has 1 aliphatic carbocycles. The van der Waals surface area contributed by atoms with E-state index in [9.17, 15) is 9.18 Å². The van der Waals surface area contributed by atoms with E-state index in [1.54, 1.807) is 0 Å². The van der Waals surface area contributed by atoms with Crippen molar-refractivity contribution < 1.29 is 9.18 Å². The van der Waals surface area contributed by atoms with E-state index in [2.05, 4.69) is 5.32 Å². The molecule has 2 atom stereocenters. The Bertz CT molecular complexity index is 453. The Morgan fingerprint density at radius 3 is 2.94 bits per heavy atom. The van der Waals surface area contributed by atoms with Gasteiger partial charge in [0.2, 0.25) is 0 Å². The van der Waals surface area contributed by atoms with E-state index in [4.69, 9.17) is 23.2 Å². The molecule has 2 rings (SSSR count). The molecule has 1 saturated carbocycles. The van der Waals surface area contributed by atoms with E-state index in [1.165, 1.54) is 18.2 Å². The Hall–Kier alpha value is -0.800. The molecule has 1 aromatic rings. The summed E-state index contributed by atoms with van der Waals surface area (Å²) in [5.41, 5.74) is 0.178. The van der Waals surface area contributed by atoms with Gasteiger partial charge < -0.3 is 5.32 Å². The van der Waals surface area contributed by atoms with Crippen molar-refractivity contribution in [2.45, 2.75) is 25.3 Å². The molecule has 0 saturated heterocycles. The fourth-order valence-electron chi connectivity index (χ4n) is 2.34. The van der Waals surface area contributed by atoms with Crippen LogP contribution in [0.3, 0.4) is 0 Å². The average molecular weight is 290 g/mol. The normalized spacial score (nSPS) is 23.1. The number of hydrogen-bond acceptors (Lipinski definition) is 1. The van der Waals surface area contributed by atoms with Gasteiger partial charge in [-0.25, -0.2) is 4.39 Å². The lowest BCUT2D eigenvalue weighted by atomic mass is 10.1. The summed E-state index contributed by atoms with van der Waals surface area (Å²) in [6.07, 6.45) is 2.99. The second-order valence-corrected chi connectivity index (χ2v) is 5.21. The number of nitrogens with one attached hydrogen (secondary N) is 1. The summed E-state index contributed by atoms with van der Waals surface area (Å²) in [7, 11) is 0. The summed E-state index contributed by atoms with van der Waals surface area (Å²) in [6, 6.07) is 4.29. The summed E-state index contributed by atoms with van der Waals surface area (Å²) in [5, 5.41) is 2.76. The Morgan fingerprint density at radius 2 is 2.22 bits per heavy atom. The molecule has 1 N–H and O–H groups in total. The maximum Gasteiger partial charge on any atom is 0.253 e. The van der Waals surface area contributed by atoms with Crippen LogP contribution in [0.25, 0.3) is 0 Å². The highest BCUT2D eigenvalue weighted by Crippen LogP contribution is 2.27. The van der Waals surface area contributed by atoms with Crippen molar-refractivity contribution in [3.63, 3.8) is 0 Å². The number of halogens is 3. The van der Waals surface area contributed by atoms with Gasteiger partial charge in [-0.3, -0.25) is 4.79 Å². The smallest absolute Gasteiger partial charge is 0.253 e. The molecule has 0 aromatic heterocycles. The minimum atomic E-state index is -0.579. The number of carbonyl (C=O) groups excluding carboxylic acids is 1. The van der Waals surface area contributed by atoms with Gasteiger partial charge in [-0.1, -0.05) is 24.1 Å². The first-order chi connectivity index (χ1) is 8.63. The van der Waals surface area contributed by atoms with E-state index in [-0.39, 0.29) is 22.5 Å². The van der Waals surface area contributed by atoms with Crippen LogP contribution in [0.2, 0.25) is 5.02 Å². The largest absolute Gasteiger partial charge is 0.349 e. The molecular weight excluding hydrogens is 276 g/mol. The van der Waals surface area contributed by atoms with E-state index >= 15 is 0 Å². The molecule has 18 heavy (non-hydrogen) atoms. The molecule has 0 bridgehead atoms. The van der Waals surface area contributed by atoms with Gasteiger partial charge in [0.25, 0.3) is 5.91 Å². The maximum atomic E-state index is 13.3. The second kappa shape index (κ2) is 5.89. The summed E-state index contributed by atoms with van der Waals surface area (Å²) in [6.45, 7) is 0. The third kappa shape index (κ3) is 2.78. The van der Waals surface area contributed by atoms with Crippen molar-refractivity contribution in [3.05, 3.63) is 34.6 Å². The lowest BCUT2D eigenvalue weighted by Crippen LogP contribution is -2.38. The van der Waals surface area contributed by atoms with Crippen LogP contribution in [0.1, 0.15) is 29.6 Å². The van der Waals surface area contributed by atoms with Gasteiger partial charge in [0.1, 0.15) is 5.82 Å². The quantitative estimate of drug-likeness (QED) is 0.846. The Kier molecular flexibility index (Phi) is 4.46. The number of benzene rings is 1. The van der Waals surface area contributed by atoms with E-state index < -0.39 is 5.82 Å². The predicted octanol–water partition coefficient (Wildman–Crippen LogP) is 3.62. The summed E-state index contributed by atoms with van der Waals surface area (Å²) in [4.78, 5) is 12.0. The van der Waals surface area contributed by atoms with Gasteiger partial charge in [-0.15, -0.1) is 11.6 Å². The second-order valence-electron chi connectivity index (χ2n) is 4.53. The zero-order valence-corrected chi connectivity index (χ0v) is 11.3. The molecule has 0 heterocycles. The molecule has 2 nitrogen and oxygen atoms in total. The molecule has 1 aliphatic rings. The van der Waals surface area contributed by atoms with E-state index in [1.807, 2.05) is 0 Å². The standard InChI is InChI=1S/C13H14Cl2FNO/c14-7-8-3-1-6-11(8)17-13(18)9-4-2-5-10(16)12(9)15/h2,4-5,8,11H,1,3,6-7H2,(H,17,18). The lowest BCUT2D eigenvalue weighted by molar-refractivity contribution is 0.0930. The van der Waals surface area contributed by atoms with Crippen molar-refractivity contribution in [1.82, 2.24) is 5.32 Å². The Balaban J connectivity index is 2.10. The molecule has 1 aromatic carbocycles. The van der Waals surface area contributed by atoms with Crippen LogP contribution in [-0.2, 0) is 0 Å². The Morgan fingerprint density at radius 1 is 1.44 bits per heavy atom. The fourth-order valence-corrected chi connectivity index (χ4v) is 2.92. The van der Waals surface area contributed by atoms with Gasteiger partial charge in [-0.2, -0.15) is 0 Å². The SMILES string of the molecule is O=C(NC1CCCC1CCl)c1cccc(F)c1Cl. The van der Waals surface area contributed by atoms with E-state index in [0.717, 1.165) is 19.3 Å². The Labute approximate surface area is 115 Å². The number of carbonyl (C=O) groups is 1. The van der Waals surface area contributed by atoms with Crippen molar-refractivity contribution >= 4 is 29.1 Å². The molecule has 1 fully saturated rings. The monoisotopic (exact) mass is 289 g/mol. The van der Waals surface area contributed by atoms with Crippen LogP contribution in [0.5, 0.6) is 0 Å². The topological polar surface area (TPSA) is 29.1 Å². The summed E-state index contributed by atoms with van der Waals surface area (Å²) < 4.78 is 13.3. The fraction of sp³-hybridized carbons (Fsp3) is 0.462. The molecule has 98 valence electrons. The minimum absolute atomic E-state index is 0.0642. The molecule has 1 amide bonds. The molecule has 5 heteroatoms. The van der Waals surface area contributed by atoms with Gasteiger partial charge in [0.15, 0.2) is 0 Å². The molecule has 0 aliphatic heterocycles. The molecular formula is C13H14Cl2FNO. The highest BCUT2D eigenvalue weighted by Gasteiger charge is 2.28. The number of alkyl halides is 1. The van der Waals surface area contributed by atoms with Gasteiger partial charge in [0, 0.05) is 11.9 Å². The minimum Gasteiger partial charge on any atom is -0.349 e. The first-order valence-corrected chi connectivity index (χ1v) is 6.85. The van der Waals surface area contributed by atoms with Gasteiger partial charge >= 0.3 is 0 Å². The maximum absolute atomic E-state index is 13.3. The van der Waals surface area contributed by atoms with Gasteiger partial charge in [0.05, 0.1) is 10.6 Å². The first kappa shape index (κ1) is 13.6. The van der Waals surface area contributed by atoms with Crippen LogP contribution < -0.4 is 5.32 Å². The van der Waals surface area contributed by atoms with Crippen molar-refractivity contribution in [3.8, 4) is 0 Å². The van der Waals surface area contributed by atoms with Crippen LogP contribution in [0, 0.1) is 11.7 Å². The van der Waals surface area contributed by atoms with Gasteiger partial charge in [-0.05, 0) is 30.9 Å². The van der Waals surface area contributed by atoms with Crippen LogP contribution >= 0.6 is 23.2 Å².